The van der Waals surface area contributed by atoms with E-state index in [0.717, 1.165) is 5.56 Å². The van der Waals surface area contributed by atoms with Crippen LogP contribution in [0.1, 0.15) is 11.1 Å². The first kappa shape index (κ1) is 15.8. The van der Waals surface area contributed by atoms with Crippen molar-refractivity contribution in [3.05, 3.63) is 59.4 Å². The van der Waals surface area contributed by atoms with Crippen LogP contribution in [0.25, 0.3) is 0 Å². The summed E-state index contributed by atoms with van der Waals surface area (Å²) in [4.78, 5) is 16.6. The lowest BCUT2D eigenvalue weighted by Crippen LogP contribution is -2.26. The molecular formula is C17H15FN2O4. The van der Waals surface area contributed by atoms with Crippen molar-refractivity contribution in [1.29, 1.82) is 0 Å². The number of hydrogen-bond donors (Lipinski definition) is 1. The Morgan fingerprint density at radius 2 is 2.12 bits per heavy atom. The molecular weight excluding hydrogens is 315 g/mol. The first-order valence-electron chi connectivity index (χ1n) is 7.27. The number of carbonyl (C=O) groups excluding carboxylic acids is 1. The van der Waals surface area contributed by atoms with Gasteiger partial charge in [0.1, 0.15) is 5.82 Å². The van der Waals surface area contributed by atoms with Crippen molar-refractivity contribution in [2.75, 3.05) is 13.4 Å². The van der Waals surface area contributed by atoms with Gasteiger partial charge in [-0.3, -0.25) is 4.79 Å². The van der Waals surface area contributed by atoms with Crippen LogP contribution in [0, 0.1) is 5.82 Å². The molecule has 1 N–H and O–H groups in total. The van der Waals surface area contributed by atoms with Crippen LogP contribution in [0.4, 0.5) is 4.39 Å². The van der Waals surface area contributed by atoms with Crippen LogP contribution in [0.5, 0.6) is 11.5 Å². The first-order chi connectivity index (χ1) is 11.7. The summed E-state index contributed by atoms with van der Waals surface area (Å²) in [5.41, 5.74) is 1.44. The number of oxime groups is 1. The molecule has 1 aliphatic heterocycles. The van der Waals surface area contributed by atoms with Crippen molar-refractivity contribution < 1.29 is 23.5 Å². The zero-order chi connectivity index (χ0) is 16.8. The number of rotatable bonds is 6. The lowest BCUT2D eigenvalue weighted by molar-refractivity contribution is -0.125. The van der Waals surface area contributed by atoms with Crippen LogP contribution in [-0.2, 0) is 16.2 Å². The molecule has 24 heavy (non-hydrogen) atoms. The summed E-state index contributed by atoms with van der Waals surface area (Å²) >= 11 is 0. The molecule has 0 saturated heterocycles. The van der Waals surface area contributed by atoms with E-state index >= 15 is 0 Å². The number of nitrogens with one attached hydrogen (secondary N) is 1. The van der Waals surface area contributed by atoms with Gasteiger partial charge < -0.3 is 19.6 Å². The van der Waals surface area contributed by atoms with Crippen molar-refractivity contribution in [3.8, 4) is 11.5 Å². The van der Waals surface area contributed by atoms with Gasteiger partial charge in [-0.2, -0.15) is 0 Å². The SMILES string of the molecule is O=C(CO/N=C\c1cccc(F)c1)NCc1ccc2c(c1)OCO2. The Bertz CT molecular complexity index is 764. The third kappa shape index (κ3) is 4.22. The second kappa shape index (κ2) is 7.45. The highest BCUT2D eigenvalue weighted by atomic mass is 19.1. The first-order valence-corrected chi connectivity index (χ1v) is 7.27. The summed E-state index contributed by atoms with van der Waals surface area (Å²) < 4.78 is 23.5. The number of fused-ring (bicyclic) bond motifs is 1. The van der Waals surface area contributed by atoms with Crippen LogP contribution in [0.15, 0.2) is 47.6 Å². The number of ether oxygens (including phenoxy) is 2. The van der Waals surface area contributed by atoms with Gasteiger partial charge in [-0.05, 0) is 35.4 Å². The lowest BCUT2D eigenvalue weighted by Gasteiger charge is -2.05. The maximum atomic E-state index is 13.0. The zero-order valence-electron chi connectivity index (χ0n) is 12.7. The normalized spacial score (nSPS) is 12.4. The fourth-order valence-corrected chi connectivity index (χ4v) is 2.08. The van der Waals surface area contributed by atoms with Gasteiger partial charge in [-0.25, -0.2) is 4.39 Å². The Hall–Kier alpha value is -3.09. The molecule has 7 heteroatoms. The standard InChI is InChI=1S/C17H15FN2O4/c18-14-3-1-2-12(6-14)9-20-24-10-17(21)19-8-13-4-5-15-16(7-13)23-11-22-15/h1-7,9H,8,10-11H2,(H,19,21)/b20-9-. The highest BCUT2D eigenvalue weighted by molar-refractivity contribution is 5.79. The zero-order valence-corrected chi connectivity index (χ0v) is 12.7. The number of hydrogen-bond acceptors (Lipinski definition) is 5. The molecule has 0 unspecified atom stereocenters. The van der Waals surface area contributed by atoms with Crippen LogP contribution in [0.3, 0.4) is 0 Å². The maximum Gasteiger partial charge on any atom is 0.261 e. The van der Waals surface area contributed by atoms with E-state index in [1.165, 1.54) is 18.3 Å². The van der Waals surface area contributed by atoms with E-state index in [1.807, 2.05) is 12.1 Å². The molecule has 0 atom stereocenters. The van der Waals surface area contributed by atoms with E-state index in [1.54, 1.807) is 18.2 Å². The Labute approximate surface area is 137 Å². The van der Waals surface area contributed by atoms with E-state index in [4.69, 9.17) is 14.3 Å². The average Bonchev–Trinajstić information content (AvgIpc) is 3.05. The highest BCUT2D eigenvalue weighted by Crippen LogP contribution is 2.32. The van der Waals surface area contributed by atoms with Crippen molar-refractivity contribution >= 4 is 12.1 Å². The van der Waals surface area contributed by atoms with E-state index in [-0.39, 0.29) is 25.1 Å². The smallest absolute Gasteiger partial charge is 0.261 e. The van der Waals surface area contributed by atoms with E-state index < -0.39 is 0 Å². The van der Waals surface area contributed by atoms with Crippen molar-refractivity contribution in [2.24, 2.45) is 5.16 Å². The minimum Gasteiger partial charge on any atom is -0.454 e. The molecule has 0 fully saturated rings. The quantitative estimate of drug-likeness (QED) is 0.651. The summed E-state index contributed by atoms with van der Waals surface area (Å²) in [6.45, 7) is 0.325. The van der Waals surface area contributed by atoms with Gasteiger partial charge in [0.25, 0.3) is 5.91 Å². The number of carbonyl (C=O) groups is 1. The summed E-state index contributed by atoms with van der Waals surface area (Å²) in [5.74, 6) is 0.683. The van der Waals surface area contributed by atoms with Gasteiger partial charge in [0.05, 0.1) is 6.21 Å². The topological polar surface area (TPSA) is 69.2 Å². The van der Waals surface area contributed by atoms with Gasteiger partial charge in [0.15, 0.2) is 18.1 Å². The number of amides is 1. The molecule has 2 aromatic rings. The van der Waals surface area contributed by atoms with Crippen LogP contribution < -0.4 is 14.8 Å². The summed E-state index contributed by atoms with van der Waals surface area (Å²) in [6, 6.07) is 11.3. The summed E-state index contributed by atoms with van der Waals surface area (Å²) in [5, 5.41) is 6.34. The number of nitrogens with zero attached hydrogens (tertiary/aromatic N) is 1. The van der Waals surface area contributed by atoms with Crippen LogP contribution in [-0.4, -0.2) is 25.5 Å². The molecule has 0 aliphatic carbocycles. The molecule has 3 rings (SSSR count). The maximum absolute atomic E-state index is 13.0. The molecule has 0 spiro atoms. The lowest BCUT2D eigenvalue weighted by atomic mass is 10.2. The molecule has 1 heterocycles. The van der Waals surface area contributed by atoms with Gasteiger partial charge in [-0.1, -0.05) is 23.4 Å². The predicted molar refractivity (Wildman–Crippen MR) is 84.4 cm³/mol. The minimum atomic E-state index is -0.361. The van der Waals surface area contributed by atoms with Crippen molar-refractivity contribution in [1.82, 2.24) is 5.32 Å². The van der Waals surface area contributed by atoms with E-state index in [9.17, 15) is 9.18 Å². The highest BCUT2D eigenvalue weighted by Gasteiger charge is 2.13. The Kier molecular flexibility index (Phi) is 4.90. The fourth-order valence-electron chi connectivity index (χ4n) is 2.08. The monoisotopic (exact) mass is 330 g/mol. The second-order valence-corrected chi connectivity index (χ2v) is 5.03. The van der Waals surface area contributed by atoms with Gasteiger partial charge in [-0.15, -0.1) is 0 Å². The van der Waals surface area contributed by atoms with Crippen LogP contribution >= 0.6 is 0 Å². The third-order valence-corrected chi connectivity index (χ3v) is 3.25. The molecule has 0 saturated carbocycles. The molecule has 0 radical (unpaired) electrons. The van der Waals surface area contributed by atoms with Gasteiger partial charge in [0.2, 0.25) is 6.79 Å². The number of benzene rings is 2. The van der Waals surface area contributed by atoms with Crippen molar-refractivity contribution in [2.45, 2.75) is 6.54 Å². The molecule has 124 valence electrons. The third-order valence-electron chi connectivity index (χ3n) is 3.25. The average molecular weight is 330 g/mol. The molecule has 1 amide bonds. The molecule has 1 aliphatic rings. The van der Waals surface area contributed by atoms with Gasteiger partial charge >= 0.3 is 0 Å². The minimum absolute atomic E-state index is 0.211. The largest absolute Gasteiger partial charge is 0.454 e. The fraction of sp³-hybridized carbons (Fsp3) is 0.176. The van der Waals surface area contributed by atoms with Gasteiger partial charge in [0, 0.05) is 6.54 Å². The van der Waals surface area contributed by atoms with E-state index in [2.05, 4.69) is 10.5 Å². The molecule has 0 aromatic heterocycles. The molecule has 0 bridgehead atoms. The Morgan fingerprint density at radius 1 is 1.25 bits per heavy atom. The van der Waals surface area contributed by atoms with Crippen molar-refractivity contribution in [3.63, 3.8) is 0 Å². The Morgan fingerprint density at radius 3 is 3.00 bits per heavy atom. The molecule has 2 aromatic carbocycles. The Balaban J connectivity index is 1.41. The predicted octanol–water partition coefficient (Wildman–Crippen LogP) is 2.22. The summed E-state index contributed by atoms with van der Waals surface area (Å²) in [6.07, 6.45) is 1.34. The molecule has 6 nitrogen and oxygen atoms in total. The summed E-state index contributed by atoms with van der Waals surface area (Å²) in [7, 11) is 0. The number of halogens is 1. The second-order valence-electron chi connectivity index (χ2n) is 5.03. The van der Waals surface area contributed by atoms with E-state index in [0.29, 0.717) is 23.6 Å². The van der Waals surface area contributed by atoms with Crippen LogP contribution in [0.2, 0.25) is 0 Å².